The van der Waals surface area contributed by atoms with Gasteiger partial charge in [-0.2, -0.15) is 0 Å². The first-order chi connectivity index (χ1) is 9.31. The highest BCUT2D eigenvalue weighted by atomic mass is 32.1. The van der Waals surface area contributed by atoms with E-state index < -0.39 is 5.60 Å². The van der Waals surface area contributed by atoms with Crippen molar-refractivity contribution >= 4 is 17.4 Å². The zero-order valence-electron chi connectivity index (χ0n) is 12.8. The third kappa shape index (κ3) is 5.92. The quantitative estimate of drug-likeness (QED) is 0.724. The Morgan fingerprint density at radius 3 is 2.65 bits per heavy atom. The molecule has 2 unspecified atom stereocenters. The molecule has 0 bridgehead atoms. The van der Waals surface area contributed by atoms with Crippen molar-refractivity contribution in [1.82, 2.24) is 10.6 Å². The van der Waals surface area contributed by atoms with Gasteiger partial charge in [-0.05, 0) is 36.6 Å². The van der Waals surface area contributed by atoms with Crippen LogP contribution in [0.25, 0.3) is 0 Å². The van der Waals surface area contributed by atoms with Gasteiger partial charge in [0.15, 0.2) is 0 Å². The molecule has 2 amide bonds. The van der Waals surface area contributed by atoms with Crippen molar-refractivity contribution in [3.05, 3.63) is 22.4 Å². The number of carbonyl (C=O) groups excluding carboxylic acids is 1. The molecule has 0 aliphatic heterocycles. The first-order valence-electron chi connectivity index (χ1n) is 7.07. The molecule has 0 aliphatic carbocycles. The number of nitrogens with one attached hydrogen (secondary N) is 2. The number of amides is 2. The zero-order chi connectivity index (χ0) is 15.2. The third-order valence-corrected chi connectivity index (χ3v) is 4.49. The predicted octanol–water partition coefficient (Wildman–Crippen LogP) is 2.63. The number of hydrogen-bond acceptors (Lipinski definition) is 3. The number of aliphatic hydroxyl groups is 1. The molecule has 3 N–H and O–H groups in total. The molecule has 0 saturated carbocycles. The Hall–Kier alpha value is -1.07. The maximum absolute atomic E-state index is 11.7. The molecule has 20 heavy (non-hydrogen) atoms. The average molecular weight is 298 g/mol. The molecule has 0 spiro atoms. The summed E-state index contributed by atoms with van der Waals surface area (Å²) in [5.74, 6) is 0.491. The van der Waals surface area contributed by atoms with Gasteiger partial charge < -0.3 is 15.7 Å². The third-order valence-electron chi connectivity index (χ3n) is 3.59. The lowest BCUT2D eigenvalue weighted by Crippen LogP contribution is -2.48. The molecule has 4 nitrogen and oxygen atoms in total. The maximum atomic E-state index is 11.7. The van der Waals surface area contributed by atoms with E-state index in [0.29, 0.717) is 12.5 Å². The van der Waals surface area contributed by atoms with Gasteiger partial charge in [-0.25, -0.2) is 4.79 Å². The van der Waals surface area contributed by atoms with Crippen molar-refractivity contribution in [3.63, 3.8) is 0 Å². The smallest absolute Gasteiger partial charge is 0.314 e. The summed E-state index contributed by atoms with van der Waals surface area (Å²) in [5, 5.41) is 17.7. The molecular weight excluding hydrogens is 272 g/mol. The second-order valence-electron chi connectivity index (χ2n) is 5.96. The van der Waals surface area contributed by atoms with Gasteiger partial charge in [0.05, 0.1) is 5.60 Å². The van der Waals surface area contributed by atoms with E-state index in [-0.39, 0.29) is 18.5 Å². The fourth-order valence-electron chi connectivity index (χ4n) is 1.64. The summed E-state index contributed by atoms with van der Waals surface area (Å²) >= 11 is 1.74. The maximum Gasteiger partial charge on any atom is 0.314 e. The minimum absolute atomic E-state index is 0.0977. The fraction of sp³-hybridized carbons (Fsp3) is 0.667. The van der Waals surface area contributed by atoms with E-state index in [0.717, 1.165) is 6.42 Å². The van der Waals surface area contributed by atoms with Crippen LogP contribution in [0, 0.1) is 11.8 Å². The Kier molecular flexibility index (Phi) is 6.49. The van der Waals surface area contributed by atoms with E-state index in [1.54, 1.807) is 18.3 Å². The van der Waals surface area contributed by atoms with Gasteiger partial charge in [0.2, 0.25) is 0 Å². The molecule has 2 atom stereocenters. The van der Waals surface area contributed by atoms with Crippen molar-refractivity contribution < 1.29 is 9.90 Å². The van der Waals surface area contributed by atoms with Gasteiger partial charge >= 0.3 is 6.03 Å². The van der Waals surface area contributed by atoms with Crippen molar-refractivity contribution in [3.8, 4) is 0 Å². The summed E-state index contributed by atoms with van der Waals surface area (Å²) in [7, 11) is 0. The summed E-state index contributed by atoms with van der Waals surface area (Å²) in [6, 6.07) is 3.94. The SMILES string of the molecule is CC(CNC(=O)NCC(C)(O)C(C)C)Cc1cccs1. The van der Waals surface area contributed by atoms with Crippen LogP contribution in [-0.2, 0) is 6.42 Å². The van der Waals surface area contributed by atoms with Crippen LogP contribution in [0.2, 0.25) is 0 Å². The Labute approximate surface area is 125 Å². The lowest BCUT2D eigenvalue weighted by molar-refractivity contribution is 0.0166. The molecule has 0 fully saturated rings. The molecule has 5 heteroatoms. The zero-order valence-corrected chi connectivity index (χ0v) is 13.6. The van der Waals surface area contributed by atoms with Gasteiger partial charge in [0, 0.05) is 18.0 Å². The highest BCUT2D eigenvalue weighted by Gasteiger charge is 2.25. The summed E-state index contributed by atoms with van der Waals surface area (Å²) < 4.78 is 0. The molecule has 0 aromatic carbocycles. The van der Waals surface area contributed by atoms with Gasteiger partial charge in [-0.15, -0.1) is 11.3 Å². The van der Waals surface area contributed by atoms with Crippen LogP contribution in [0.5, 0.6) is 0 Å². The van der Waals surface area contributed by atoms with Crippen LogP contribution >= 0.6 is 11.3 Å². The van der Waals surface area contributed by atoms with Crippen LogP contribution in [0.3, 0.4) is 0 Å². The van der Waals surface area contributed by atoms with Crippen molar-refractivity contribution in [2.75, 3.05) is 13.1 Å². The lowest BCUT2D eigenvalue weighted by Gasteiger charge is -2.27. The van der Waals surface area contributed by atoms with E-state index in [1.165, 1.54) is 4.88 Å². The van der Waals surface area contributed by atoms with E-state index >= 15 is 0 Å². The molecule has 0 aliphatic rings. The van der Waals surface area contributed by atoms with Crippen LogP contribution in [0.1, 0.15) is 32.6 Å². The first-order valence-corrected chi connectivity index (χ1v) is 7.95. The summed E-state index contributed by atoms with van der Waals surface area (Å²) in [6.07, 6.45) is 0.974. The second kappa shape index (κ2) is 7.64. The predicted molar refractivity (Wildman–Crippen MR) is 84.1 cm³/mol. The highest BCUT2D eigenvalue weighted by molar-refractivity contribution is 7.09. The molecule has 114 valence electrons. The highest BCUT2D eigenvalue weighted by Crippen LogP contribution is 2.15. The molecule has 1 heterocycles. The minimum atomic E-state index is -0.875. The number of rotatable bonds is 7. The summed E-state index contributed by atoms with van der Waals surface area (Å²) in [4.78, 5) is 13.0. The van der Waals surface area contributed by atoms with Gasteiger partial charge in [-0.3, -0.25) is 0 Å². The average Bonchev–Trinajstić information content (AvgIpc) is 2.86. The fourth-order valence-corrected chi connectivity index (χ4v) is 2.51. The summed E-state index contributed by atoms with van der Waals surface area (Å²) in [5.41, 5.74) is -0.875. The molecule has 0 saturated heterocycles. The van der Waals surface area contributed by atoms with Crippen LogP contribution in [-0.4, -0.2) is 29.8 Å². The molecule has 1 aromatic heterocycles. The topological polar surface area (TPSA) is 61.4 Å². The Bertz CT molecular complexity index is 402. The molecular formula is C15H26N2O2S. The number of thiophene rings is 1. The van der Waals surface area contributed by atoms with Gasteiger partial charge in [0.25, 0.3) is 0 Å². The molecule has 1 rings (SSSR count). The molecule has 1 aromatic rings. The van der Waals surface area contributed by atoms with Gasteiger partial charge in [0.1, 0.15) is 0 Å². The van der Waals surface area contributed by atoms with Crippen LogP contribution in [0.4, 0.5) is 4.79 Å². The van der Waals surface area contributed by atoms with Crippen LogP contribution in [0.15, 0.2) is 17.5 Å². The van der Waals surface area contributed by atoms with Crippen molar-refractivity contribution in [1.29, 1.82) is 0 Å². The number of hydrogen-bond donors (Lipinski definition) is 3. The monoisotopic (exact) mass is 298 g/mol. The van der Waals surface area contributed by atoms with Crippen LogP contribution < -0.4 is 10.6 Å². The van der Waals surface area contributed by atoms with E-state index in [2.05, 4.69) is 29.0 Å². The minimum Gasteiger partial charge on any atom is -0.388 e. The Morgan fingerprint density at radius 2 is 2.10 bits per heavy atom. The second-order valence-corrected chi connectivity index (χ2v) is 7.00. The summed E-state index contributed by atoms with van der Waals surface area (Å²) in [6.45, 7) is 8.61. The largest absolute Gasteiger partial charge is 0.388 e. The normalized spacial score (nSPS) is 15.7. The first kappa shape index (κ1) is 17.0. The number of carbonyl (C=O) groups is 1. The van der Waals surface area contributed by atoms with E-state index in [9.17, 15) is 9.90 Å². The van der Waals surface area contributed by atoms with Crippen molar-refractivity contribution in [2.24, 2.45) is 11.8 Å². The Balaban J connectivity index is 2.23. The van der Waals surface area contributed by atoms with E-state index in [1.807, 2.05) is 19.9 Å². The molecule has 0 radical (unpaired) electrons. The van der Waals surface area contributed by atoms with Gasteiger partial charge in [-0.1, -0.05) is 26.8 Å². The number of urea groups is 1. The van der Waals surface area contributed by atoms with E-state index in [4.69, 9.17) is 0 Å². The lowest BCUT2D eigenvalue weighted by atomic mass is 9.93. The van der Waals surface area contributed by atoms with Crippen molar-refractivity contribution in [2.45, 2.75) is 39.7 Å². The standard InChI is InChI=1S/C15H26N2O2S/c1-11(2)15(4,19)10-17-14(18)16-9-12(3)8-13-6-5-7-20-13/h5-7,11-12,19H,8-10H2,1-4H3,(H2,16,17,18). The Morgan fingerprint density at radius 1 is 1.40 bits per heavy atom.